The first-order valence-corrected chi connectivity index (χ1v) is 5.10. The van der Waals surface area contributed by atoms with Crippen molar-refractivity contribution < 1.29 is 15.0 Å². The van der Waals surface area contributed by atoms with Crippen LogP contribution in [0.25, 0.3) is 0 Å². The van der Waals surface area contributed by atoms with E-state index in [0.29, 0.717) is 24.2 Å². The van der Waals surface area contributed by atoms with Crippen LogP contribution in [0.3, 0.4) is 0 Å². The third kappa shape index (κ3) is 0.471. The lowest BCUT2D eigenvalue weighted by Crippen LogP contribution is -2.44. The van der Waals surface area contributed by atoms with Crippen LogP contribution in [0.1, 0.15) is 12.8 Å². The molecule has 0 aliphatic heterocycles. The number of carboxylic acid groups (broad SMARTS) is 1. The van der Waals surface area contributed by atoms with E-state index in [4.69, 9.17) is 5.11 Å². The van der Waals surface area contributed by atoms with Crippen molar-refractivity contribution in [3.8, 4) is 0 Å². The van der Waals surface area contributed by atoms with Crippen molar-refractivity contribution in [3.05, 3.63) is 0 Å². The summed E-state index contributed by atoms with van der Waals surface area (Å²) in [6, 6.07) is 0. The molecule has 0 aromatic rings. The quantitative estimate of drug-likeness (QED) is 0.611. The summed E-state index contributed by atoms with van der Waals surface area (Å²) in [5.41, 5.74) is -1.35. The highest BCUT2D eigenvalue weighted by atomic mass is 16.4. The zero-order valence-corrected chi connectivity index (χ0v) is 7.18. The normalized spacial score (nSPS) is 70.2. The maximum atomic E-state index is 11.0. The molecule has 13 heavy (non-hydrogen) atoms. The minimum Gasteiger partial charge on any atom is -0.479 e. The second-order valence-electron chi connectivity index (χ2n) is 5.34. The third-order valence-electron chi connectivity index (χ3n) is 5.23. The molecular weight excluding hydrogens is 168 g/mol. The van der Waals surface area contributed by atoms with E-state index in [1.54, 1.807) is 0 Å². The zero-order valence-electron chi connectivity index (χ0n) is 7.18. The van der Waals surface area contributed by atoms with Crippen LogP contribution in [0, 0.1) is 35.5 Å². The molecule has 3 heteroatoms. The SMILES string of the molecule is O=C(O)C1(O)CC2C3CC4C2C4C31. The maximum absolute atomic E-state index is 11.0. The molecular formula is C10H12O3. The van der Waals surface area contributed by atoms with Gasteiger partial charge in [-0.25, -0.2) is 4.79 Å². The molecule has 5 aliphatic rings. The number of aliphatic hydroxyl groups is 1. The van der Waals surface area contributed by atoms with Gasteiger partial charge in [0.2, 0.25) is 0 Å². The molecule has 0 aromatic carbocycles. The fourth-order valence-corrected chi connectivity index (χ4v) is 5.01. The molecule has 5 rings (SSSR count). The molecule has 7 atom stereocenters. The van der Waals surface area contributed by atoms with Gasteiger partial charge in [-0.15, -0.1) is 0 Å². The molecule has 3 nitrogen and oxygen atoms in total. The number of rotatable bonds is 1. The van der Waals surface area contributed by atoms with Crippen molar-refractivity contribution >= 4 is 5.97 Å². The Kier molecular flexibility index (Phi) is 0.807. The van der Waals surface area contributed by atoms with Gasteiger partial charge in [0.15, 0.2) is 5.60 Å². The summed E-state index contributed by atoms with van der Waals surface area (Å²) in [6.07, 6.45) is 1.75. The standard InChI is InChI=1S/C10H12O3/c11-9(12)10(13)2-5-3-1-4-6(5)7(4)8(3)10/h3-8,13H,1-2H2,(H,11,12). The first-order valence-electron chi connectivity index (χ1n) is 5.10. The van der Waals surface area contributed by atoms with E-state index in [1.807, 2.05) is 0 Å². The first kappa shape index (κ1) is 6.82. The summed E-state index contributed by atoms with van der Waals surface area (Å²) >= 11 is 0. The number of hydrogen-bond donors (Lipinski definition) is 2. The second-order valence-corrected chi connectivity index (χ2v) is 5.34. The summed E-state index contributed by atoms with van der Waals surface area (Å²) in [5, 5.41) is 19.1. The third-order valence-corrected chi connectivity index (χ3v) is 5.23. The summed E-state index contributed by atoms with van der Waals surface area (Å²) in [4.78, 5) is 11.0. The van der Waals surface area contributed by atoms with E-state index < -0.39 is 11.6 Å². The van der Waals surface area contributed by atoms with Gasteiger partial charge in [-0.2, -0.15) is 0 Å². The molecule has 0 radical (unpaired) electrons. The van der Waals surface area contributed by atoms with Crippen molar-refractivity contribution in [2.45, 2.75) is 18.4 Å². The Bertz CT molecular complexity index is 326. The van der Waals surface area contributed by atoms with E-state index in [0.717, 1.165) is 11.8 Å². The average molecular weight is 180 g/mol. The Balaban J connectivity index is 1.84. The Morgan fingerprint density at radius 2 is 2.00 bits per heavy atom. The van der Waals surface area contributed by atoms with Gasteiger partial charge in [0.05, 0.1) is 0 Å². The van der Waals surface area contributed by atoms with Crippen molar-refractivity contribution in [2.75, 3.05) is 0 Å². The largest absolute Gasteiger partial charge is 0.479 e. The molecule has 2 N–H and O–H groups in total. The summed E-state index contributed by atoms with van der Waals surface area (Å²) in [5.74, 6) is 2.45. The number of aliphatic carboxylic acids is 1. The Labute approximate surface area is 75.8 Å². The summed E-state index contributed by atoms with van der Waals surface area (Å²) in [6.45, 7) is 0. The predicted molar refractivity (Wildman–Crippen MR) is 42.8 cm³/mol. The van der Waals surface area contributed by atoms with E-state index in [-0.39, 0.29) is 5.92 Å². The van der Waals surface area contributed by atoms with Crippen LogP contribution in [0.2, 0.25) is 0 Å². The van der Waals surface area contributed by atoms with Gasteiger partial charge in [-0.3, -0.25) is 0 Å². The fourth-order valence-electron chi connectivity index (χ4n) is 5.01. The van der Waals surface area contributed by atoms with Crippen LogP contribution in [0.5, 0.6) is 0 Å². The molecule has 0 aromatic heterocycles. The van der Waals surface area contributed by atoms with Gasteiger partial charge in [-0.05, 0) is 42.4 Å². The Morgan fingerprint density at radius 3 is 2.46 bits per heavy atom. The number of carbonyl (C=O) groups is 1. The topological polar surface area (TPSA) is 57.5 Å². The van der Waals surface area contributed by atoms with Crippen LogP contribution in [-0.4, -0.2) is 21.8 Å². The lowest BCUT2D eigenvalue weighted by atomic mass is 9.84. The van der Waals surface area contributed by atoms with Gasteiger partial charge in [0.25, 0.3) is 0 Å². The van der Waals surface area contributed by atoms with Crippen LogP contribution in [0.4, 0.5) is 0 Å². The highest BCUT2D eigenvalue weighted by Gasteiger charge is 2.82. The van der Waals surface area contributed by atoms with Crippen LogP contribution >= 0.6 is 0 Å². The average Bonchev–Trinajstić information content (AvgIpc) is 2.48. The highest BCUT2D eigenvalue weighted by Crippen LogP contribution is 2.82. The van der Waals surface area contributed by atoms with Crippen molar-refractivity contribution in [2.24, 2.45) is 35.5 Å². The van der Waals surface area contributed by atoms with Gasteiger partial charge >= 0.3 is 5.97 Å². The molecule has 6 bridgehead atoms. The van der Waals surface area contributed by atoms with Crippen LogP contribution < -0.4 is 0 Å². The van der Waals surface area contributed by atoms with E-state index >= 15 is 0 Å². The fraction of sp³-hybridized carbons (Fsp3) is 0.900. The number of carboxylic acids is 1. The van der Waals surface area contributed by atoms with Gasteiger partial charge < -0.3 is 10.2 Å². The Morgan fingerprint density at radius 1 is 1.23 bits per heavy atom. The second kappa shape index (κ2) is 1.54. The van der Waals surface area contributed by atoms with Crippen molar-refractivity contribution in [1.29, 1.82) is 0 Å². The summed E-state index contributed by atoms with van der Waals surface area (Å²) in [7, 11) is 0. The molecule has 0 spiro atoms. The maximum Gasteiger partial charge on any atom is 0.335 e. The molecule has 5 saturated carbocycles. The predicted octanol–water partition coefficient (Wildman–Crippen LogP) is 0.334. The van der Waals surface area contributed by atoms with Gasteiger partial charge in [0, 0.05) is 5.92 Å². The monoisotopic (exact) mass is 180 g/mol. The molecule has 5 aliphatic carbocycles. The molecule has 5 fully saturated rings. The molecule has 0 saturated heterocycles. The highest BCUT2D eigenvalue weighted by molar-refractivity contribution is 5.79. The molecule has 70 valence electrons. The van der Waals surface area contributed by atoms with Gasteiger partial charge in [-0.1, -0.05) is 0 Å². The van der Waals surface area contributed by atoms with Crippen LogP contribution in [0.15, 0.2) is 0 Å². The van der Waals surface area contributed by atoms with E-state index in [9.17, 15) is 9.90 Å². The van der Waals surface area contributed by atoms with Crippen molar-refractivity contribution in [3.63, 3.8) is 0 Å². The van der Waals surface area contributed by atoms with Crippen LogP contribution in [-0.2, 0) is 4.79 Å². The lowest BCUT2D eigenvalue weighted by molar-refractivity contribution is -0.165. The number of hydrogen-bond acceptors (Lipinski definition) is 2. The lowest BCUT2D eigenvalue weighted by Gasteiger charge is -2.27. The summed E-state index contributed by atoms with van der Waals surface area (Å²) < 4.78 is 0. The minimum atomic E-state index is -1.35. The molecule has 7 unspecified atom stereocenters. The van der Waals surface area contributed by atoms with E-state index in [1.165, 1.54) is 6.42 Å². The smallest absolute Gasteiger partial charge is 0.335 e. The Hall–Kier alpha value is -0.570. The van der Waals surface area contributed by atoms with Gasteiger partial charge in [0.1, 0.15) is 0 Å². The minimum absolute atomic E-state index is 0.116. The van der Waals surface area contributed by atoms with E-state index in [2.05, 4.69) is 0 Å². The first-order chi connectivity index (χ1) is 6.14. The van der Waals surface area contributed by atoms with Crippen molar-refractivity contribution in [1.82, 2.24) is 0 Å². The molecule has 0 amide bonds. The zero-order chi connectivity index (χ0) is 8.96. The molecule has 0 heterocycles.